The molecule has 1 aliphatic carbocycles. The van der Waals surface area contributed by atoms with E-state index in [0.717, 1.165) is 31.3 Å². The third-order valence-electron chi connectivity index (χ3n) is 3.08. The Morgan fingerprint density at radius 3 is 2.63 bits per heavy atom. The summed E-state index contributed by atoms with van der Waals surface area (Å²) in [6.07, 6.45) is 0.183. The Kier molecular flexibility index (Phi) is 4.14. The third-order valence-corrected chi connectivity index (χ3v) is 3.08. The average Bonchev–Trinajstić information content (AvgIpc) is 2.37. The van der Waals surface area contributed by atoms with Crippen molar-refractivity contribution in [2.24, 2.45) is 0 Å². The molecule has 0 saturated heterocycles. The van der Waals surface area contributed by atoms with Crippen LogP contribution in [-0.4, -0.2) is 11.5 Å². The number of allylic oxidation sites excluding steroid dienone is 1. The largest absolute Gasteiger partial charge is 0.573 e. The van der Waals surface area contributed by atoms with E-state index in [1.54, 1.807) is 6.07 Å². The number of hydrogen-bond acceptors (Lipinski definition) is 2. The van der Waals surface area contributed by atoms with Crippen molar-refractivity contribution in [2.75, 3.05) is 0 Å². The molecule has 0 amide bonds. The van der Waals surface area contributed by atoms with Crippen molar-refractivity contribution < 1.29 is 23.0 Å². The molecule has 0 aliphatic heterocycles. The van der Waals surface area contributed by atoms with Crippen LogP contribution in [0.25, 0.3) is 0 Å². The van der Waals surface area contributed by atoms with Gasteiger partial charge in [-0.05, 0) is 49.0 Å². The molecule has 0 fully saturated rings. The van der Waals surface area contributed by atoms with Crippen LogP contribution in [0.4, 0.5) is 13.2 Å². The van der Waals surface area contributed by atoms with E-state index in [4.69, 9.17) is 0 Å². The van der Waals surface area contributed by atoms with Gasteiger partial charge in [0.25, 0.3) is 0 Å². The van der Waals surface area contributed by atoms with Crippen LogP contribution in [-0.2, 0) is 0 Å². The fourth-order valence-electron chi connectivity index (χ4n) is 2.21. The lowest BCUT2D eigenvalue weighted by Crippen LogP contribution is -2.17. The van der Waals surface area contributed by atoms with Crippen molar-refractivity contribution in [3.63, 3.8) is 0 Å². The number of alkyl halides is 3. The zero-order valence-corrected chi connectivity index (χ0v) is 10.3. The molecule has 0 radical (unpaired) electrons. The summed E-state index contributed by atoms with van der Waals surface area (Å²) in [5.74, 6) is -0.305. The molecule has 0 bridgehead atoms. The fourth-order valence-corrected chi connectivity index (χ4v) is 2.21. The molecule has 1 unspecified atom stereocenters. The highest BCUT2D eigenvalue weighted by molar-refractivity contribution is 5.34. The predicted octanol–water partition coefficient (Wildman–Crippen LogP) is 4.12. The number of aliphatic hydroxyl groups excluding tert-OH is 1. The van der Waals surface area contributed by atoms with E-state index in [1.165, 1.54) is 18.2 Å². The molecule has 1 aromatic carbocycles. The van der Waals surface area contributed by atoms with E-state index in [9.17, 15) is 18.3 Å². The van der Waals surface area contributed by atoms with Gasteiger partial charge in [0.2, 0.25) is 0 Å². The molecule has 0 heterocycles. The summed E-state index contributed by atoms with van der Waals surface area (Å²) in [7, 11) is 0. The Bertz CT molecular complexity index is 466. The minimum absolute atomic E-state index is 0.305. The second-order valence-electron chi connectivity index (χ2n) is 4.55. The molecule has 19 heavy (non-hydrogen) atoms. The quantitative estimate of drug-likeness (QED) is 0.839. The molecule has 1 aliphatic rings. The lowest BCUT2D eigenvalue weighted by Gasteiger charge is -2.19. The molecule has 1 N–H and O–H groups in total. The molecule has 2 rings (SSSR count). The Morgan fingerprint density at radius 2 is 2.00 bits per heavy atom. The minimum Gasteiger partial charge on any atom is -0.406 e. The van der Waals surface area contributed by atoms with Gasteiger partial charge in [-0.1, -0.05) is 18.2 Å². The number of hydrogen-bond donors (Lipinski definition) is 1. The first-order valence-corrected chi connectivity index (χ1v) is 6.18. The van der Waals surface area contributed by atoms with Crippen molar-refractivity contribution in [1.29, 1.82) is 0 Å². The monoisotopic (exact) mass is 272 g/mol. The maximum absolute atomic E-state index is 12.1. The predicted molar refractivity (Wildman–Crippen MR) is 64.6 cm³/mol. The highest BCUT2D eigenvalue weighted by Crippen LogP contribution is 2.32. The molecule has 2 nitrogen and oxygen atoms in total. The summed E-state index contributed by atoms with van der Waals surface area (Å²) < 4.78 is 40.2. The molecular formula is C14H15F3O2. The molecule has 5 heteroatoms. The van der Waals surface area contributed by atoms with E-state index in [0.29, 0.717) is 5.56 Å². The van der Waals surface area contributed by atoms with Gasteiger partial charge in [-0.2, -0.15) is 0 Å². The number of benzene rings is 1. The fraction of sp³-hybridized carbons (Fsp3) is 0.429. The topological polar surface area (TPSA) is 29.5 Å². The first-order chi connectivity index (χ1) is 8.96. The van der Waals surface area contributed by atoms with E-state index >= 15 is 0 Å². The zero-order chi connectivity index (χ0) is 13.9. The lowest BCUT2D eigenvalue weighted by atomic mass is 9.92. The van der Waals surface area contributed by atoms with Gasteiger partial charge in [-0.3, -0.25) is 0 Å². The molecule has 0 aromatic heterocycles. The summed E-state index contributed by atoms with van der Waals surface area (Å²) in [5, 5.41) is 10.2. The van der Waals surface area contributed by atoms with Crippen LogP contribution >= 0.6 is 0 Å². The Labute approximate surface area is 109 Å². The average molecular weight is 272 g/mol. The van der Waals surface area contributed by atoms with Crippen LogP contribution in [0, 0.1) is 0 Å². The first kappa shape index (κ1) is 13.9. The van der Waals surface area contributed by atoms with Crippen LogP contribution in [0.1, 0.15) is 37.4 Å². The lowest BCUT2D eigenvalue weighted by molar-refractivity contribution is -0.274. The standard InChI is InChI=1S/C14H15F3O2/c15-14(16,17)19-12-8-4-7-11(9-12)13(18)10-5-2-1-3-6-10/h4-5,7-9,13,18H,1-3,6H2. The van der Waals surface area contributed by atoms with Crippen LogP contribution in [0.15, 0.2) is 35.9 Å². The highest BCUT2D eigenvalue weighted by atomic mass is 19.4. The molecule has 104 valence electrons. The Balaban J connectivity index is 2.16. The van der Waals surface area contributed by atoms with Gasteiger partial charge in [0.15, 0.2) is 0 Å². The van der Waals surface area contributed by atoms with Crippen molar-refractivity contribution in [2.45, 2.75) is 38.1 Å². The maximum atomic E-state index is 12.1. The van der Waals surface area contributed by atoms with Gasteiger partial charge < -0.3 is 9.84 Å². The second kappa shape index (κ2) is 5.65. The smallest absolute Gasteiger partial charge is 0.406 e. The van der Waals surface area contributed by atoms with Crippen molar-refractivity contribution >= 4 is 0 Å². The van der Waals surface area contributed by atoms with E-state index in [-0.39, 0.29) is 5.75 Å². The van der Waals surface area contributed by atoms with Gasteiger partial charge in [-0.15, -0.1) is 13.2 Å². The number of aliphatic hydroxyl groups is 1. The molecule has 1 atom stereocenters. The summed E-state index contributed by atoms with van der Waals surface area (Å²) in [5.41, 5.74) is 1.30. The molecule has 0 saturated carbocycles. The number of rotatable bonds is 3. The third kappa shape index (κ3) is 3.99. The number of halogens is 3. The summed E-state index contributed by atoms with van der Waals surface area (Å²) in [6, 6.07) is 5.50. The van der Waals surface area contributed by atoms with Crippen LogP contribution < -0.4 is 4.74 Å². The molecule has 0 spiro atoms. The first-order valence-electron chi connectivity index (χ1n) is 6.18. The van der Waals surface area contributed by atoms with Crippen LogP contribution in [0.5, 0.6) is 5.75 Å². The summed E-state index contributed by atoms with van der Waals surface area (Å²) in [6.45, 7) is 0. The Morgan fingerprint density at radius 1 is 1.21 bits per heavy atom. The van der Waals surface area contributed by atoms with Gasteiger partial charge >= 0.3 is 6.36 Å². The van der Waals surface area contributed by atoms with Crippen LogP contribution in [0.2, 0.25) is 0 Å². The molecule has 1 aromatic rings. The van der Waals surface area contributed by atoms with Gasteiger partial charge in [0, 0.05) is 0 Å². The number of ether oxygens (including phenoxy) is 1. The van der Waals surface area contributed by atoms with E-state index < -0.39 is 12.5 Å². The van der Waals surface area contributed by atoms with E-state index in [1.807, 2.05) is 6.08 Å². The van der Waals surface area contributed by atoms with Gasteiger partial charge in [0.05, 0.1) is 0 Å². The summed E-state index contributed by atoms with van der Waals surface area (Å²) >= 11 is 0. The molecular weight excluding hydrogens is 257 g/mol. The van der Waals surface area contributed by atoms with Gasteiger partial charge in [0.1, 0.15) is 11.9 Å². The SMILES string of the molecule is OC(C1=CCCCC1)c1cccc(OC(F)(F)F)c1. The van der Waals surface area contributed by atoms with Crippen LogP contribution in [0.3, 0.4) is 0 Å². The normalized spacial score (nSPS) is 17.8. The van der Waals surface area contributed by atoms with Gasteiger partial charge in [-0.25, -0.2) is 0 Å². The maximum Gasteiger partial charge on any atom is 0.573 e. The summed E-state index contributed by atoms with van der Waals surface area (Å²) in [4.78, 5) is 0. The van der Waals surface area contributed by atoms with Crippen molar-refractivity contribution in [3.8, 4) is 5.75 Å². The zero-order valence-electron chi connectivity index (χ0n) is 10.3. The van der Waals surface area contributed by atoms with E-state index in [2.05, 4.69) is 4.74 Å². The minimum atomic E-state index is -4.71. The van der Waals surface area contributed by atoms with Crippen molar-refractivity contribution in [3.05, 3.63) is 41.5 Å². The van der Waals surface area contributed by atoms with Crippen molar-refractivity contribution in [1.82, 2.24) is 0 Å². The second-order valence-corrected chi connectivity index (χ2v) is 4.55. The highest BCUT2D eigenvalue weighted by Gasteiger charge is 2.31. The Hall–Kier alpha value is -1.49.